The molecule has 0 unspecified atom stereocenters. The van der Waals surface area contributed by atoms with Gasteiger partial charge < -0.3 is 14.3 Å². The van der Waals surface area contributed by atoms with E-state index in [-0.39, 0.29) is 5.76 Å². The topological polar surface area (TPSA) is 90.0 Å². The minimum Gasteiger partial charge on any atom is -0.544 e. The molecule has 0 saturated heterocycles. The predicted molar refractivity (Wildman–Crippen MR) is 75.9 cm³/mol. The van der Waals surface area contributed by atoms with Crippen molar-refractivity contribution in [2.75, 3.05) is 0 Å². The number of carbonyl (C=O) groups excluding carboxylic acids is 1. The van der Waals surface area contributed by atoms with Gasteiger partial charge in [0.15, 0.2) is 10.8 Å². The smallest absolute Gasteiger partial charge is 0.163 e. The van der Waals surface area contributed by atoms with Gasteiger partial charge in [-0.15, -0.1) is 11.3 Å². The first-order valence-corrected chi connectivity index (χ1v) is 6.78. The Balaban J connectivity index is 1.98. The summed E-state index contributed by atoms with van der Waals surface area (Å²) in [6, 6.07) is 12.5. The van der Waals surface area contributed by atoms with Gasteiger partial charge in [0.25, 0.3) is 0 Å². The summed E-state index contributed by atoms with van der Waals surface area (Å²) in [6.07, 6.45) is 1.13. The Bertz CT molecular complexity index is 866. The molecule has 2 aromatic heterocycles. The summed E-state index contributed by atoms with van der Waals surface area (Å²) in [5, 5.41) is 20.1. The number of carboxylic acid groups (broad SMARTS) is 1. The van der Waals surface area contributed by atoms with Crippen LogP contribution in [0.5, 0.6) is 0 Å². The van der Waals surface area contributed by atoms with Crippen LogP contribution in [-0.2, 0) is 4.79 Å². The van der Waals surface area contributed by atoms with Crippen molar-refractivity contribution in [3.05, 3.63) is 47.7 Å². The van der Waals surface area contributed by atoms with E-state index in [1.54, 1.807) is 18.2 Å². The molecular weight excluding hydrogens is 288 g/mol. The molecule has 102 valence electrons. The average molecular weight is 295 g/mol. The van der Waals surface area contributed by atoms with Gasteiger partial charge in [-0.2, -0.15) is 5.26 Å². The molecule has 0 bridgehead atoms. The first-order valence-electron chi connectivity index (χ1n) is 5.96. The molecule has 0 atom stereocenters. The Hall–Kier alpha value is -2.91. The van der Waals surface area contributed by atoms with Crippen LogP contribution in [0.3, 0.4) is 0 Å². The van der Waals surface area contributed by atoms with Crippen molar-refractivity contribution in [1.29, 1.82) is 5.26 Å². The van der Waals surface area contributed by atoms with Gasteiger partial charge in [-0.1, -0.05) is 12.1 Å². The van der Waals surface area contributed by atoms with E-state index in [2.05, 4.69) is 4.98 Å². The molecule has 2 heterocycles. The molecule has 0 radical (unpaired) electrons. The highest BCUT2D eigenvalue weighted by Crippen LogP contribution is 2.31. The summed E-state index contributed by atoms with van der Waals surface area (Å²) >= 11 is 1.48. The molecule has 0 amide bonds. The van der Waals surface area contributed by atoms with E-state index in [1.165, 1.54) is 11.3 Å². The van der Waals surface area contributed by atoms with Crippen LogP contribution in [0.4, 0.5) is 0 Å². The monoisotopic (exact) mass is 295 g/mol. The number of aliphatic carboxylic acids is 1. The number of fused-ring (bicyclic) bond motifs is 1. The molecule has 3 aromatic rings. The molecule has 6 heteroatoms. The van der Waals surface area contributed by atoms with Gasteiger partial charge in [0.1, 0.15) is 11.8 Å². The van der Waals surface area contributed by atoms with Crippen LogP contribution in [0, 0.1) is 11.3 Å². The fourth-order valence-electron chi connectivity index (χ4n) is 1.80. The quantitative estimate of drug-likeness (QED) is 0.546. The van der Waals surface area contributed by atoms with Gasteiger partial charge in [-0.3, -0.25) is 0 Å². The standard InChI is InChI=1S/C15H8N2O3S/c16-8-9(15(18)19)7-10-5-6-12(20-10)14-17-11-3-1-2-4-13(11)21-14/h1-7H,(H,18,19)/p-1/b9-7+. The normalized spacial score (nSPS) is 11.5. The zero-order valence-electron chi connectivity index (χ0n) is 10.6. The molecule has 0 N–H and O–H groups in total. The number of thiazole rings is 1. The summed E-state index contributed by atoms with van der Waals surface area (Å²) in [4.78, 5) is 15.1. The molecular formula is C15H7N2O3S-. The molecule has 0 aliphatic heterocycles. The van der Waals surface area contributed by atoms with Crippen molar-refractivity contribution in [3.63, 3.8) is 0 Å². The largest absolute Gasteiger partial charge is 0.544 e. The zero-order valence-corrected chi connectivity index (χ0v) is 11.4. The van der Waals surface area contributed by atoms with E-state index in [1.807, 2.05) is 24.3 Å². The lowest BCUT2D eigenvalue weighted by Gasteiger charge is -1.96. The van der Waals surface area contributed by atoms with E-state index >= 15 is 0 Å². The lowest BCUT2D eigenvalue weighted by atomic mass is 10.2. The third kappa shape index (κ3) is 2.55. The summed E-state index contributed by atoms with van der Waals surface area (Å²) in [7, 11) is 0. The van der Waals surface area contributed by atoms with E-state index in [0.29, 0.717) is 10.8 Å². The fraction of sp³-hybridized carbons (Fsp3) is 0. The zero-order chi connectivity index (χ0) is 14.8. The van der Waals surface area contributed by atoms with Crippen LogP contribution < -0.4 is 5.11 Å². The van der Waals surface area contributed by atoms with Crippen LogP contribution in [0.1, 0.15) is 5.76 Å². The van der Waals surface area contributed by atoms with Crippen LogP contribution in [-0.4, -0.2) is 11.0 Å². The molecule has 0 aliphatic rings. The average Bonchev–Trinajstić information content (AvgIpc) is 3.10. The third-order valence-electron chi connectivity index (χ3n) is 2.76. The second kappa shape index (κ2) is 5.23. The lowest BCUT2D eigenvalue weighted by molar-refractivity contribution is -0.298. The number of aromatic nitrogens is 1. The molecule has 5 nitrogen and oxygen atoms in total. The van der Waals surface area contributed by atoms with Crippen molar-refractivity contribution in [3.8, 4) is 16.8 Å². The van der Waals surface area contributed by atoms with Crippen LogP contribution in [0.15, 0.2) is 46.4 Å². The Morgan fingerprint density at radius 1 is 1.33 bits per heavy atom. The maximum absolute atomic E-state index is 10.7. The minimum absolute atomic E-state index is 0.269. The minimum atomic E-state index is -1.53. The molecule has 0 aliphatic carbocycles. The van der Waals surface area contributed by atoms with Gasteiger partial charge in [-0.05, 0) is 24.3 Å². The highest BCUT2D eigenvalue weighted by Gasteiger charge is 2.10. The number of carboxylic acids is 1. The summed E-state index contributed by atoms with van der Waals surface area (Å²) in [6.45, 7) is 0. The number of benzene rings is 1. The number of carbonyl (C=O) groups is 1. The number of nitriles is 1. The number of para-hydroxylation sites is 1. The molecule has 0 spiro atoms. The van der Waals surface area contributed by atoms with Crippen molar-refractivity contribution in [2.45, 2.75) is 0 Å². The van der Waals surface area contributed by atoms with Gasteiger partial charge >= 0.3 is 0 Å². The van der Waals surface area contributed by atoms with E-state index in [4.69, 9.17) is 9.68 Å². The Labute approximate surface area is 123 Å². The number of nitrogens with zero attached hydrogens (tertiary/aromatic N) is 2. The third-order valence-corrected chi connectivity index (χ3v) is 3.81. The van der Waals surface area contributed by atoms with Crippen LogP contribution in [0.2, 0.25) is 0 Å². The summed E-state index contributed by atoms with van der Waals surface area (Å²) in [5.41, 5.74) is 0.388. The Morgan fingerprint density at radius 2 is 2.14 bits per heavy atom. The van der Waals surface area contributed by atoms with Gasteiger partial charge in [-0.25, -0.2) is 4.98 Å². The second-order valence-electron chi connectivity index (χ2n) is 4.15. The number of rotatable bonds is 3. The van der Waals surface area contributed by atoms with Gasteiger partial charge in [0, 0.05) is 6.08 Å². The highest BCUT2D eigenvalue weighted by molar-refractivity contribution is 7.21. The van der Waals surface area contributed by atoms with E-state index < -0.39 is 11.5 Å². The predicted octanol–water partition coefficient (Wildman–Crippen LogP) is 2.21. The van der Waals surface area contributed by atoms with E-state index in [9.17, 15) is 9.90 Å². The first kappa shape index (κ1) is 13.1. The fourth-order valence-corrected chi connectivity index (χ4v) is 2.73. The first-order chi connectivity index (χ1) is 10.2. The number of furan rings is 1. The second-order valence-corrected chi connectivity index (χ2v) is 5.18. The molecule has 21 heavy (non-hydrogen) atoms. The van der Waals surface area contributed by atoms with Crippen molar-refractivity contribution in [2.24, 2.45) is 0 Å². The van der Waals surface area contributed by atoms with Crippen LogP contribution >= 0.6 is 11.3 Å². The molecule has 1 aromatic carbocycles. The Kier molecular flexibility index (Phi) is 3.26. The summed E-state index contributed by atoms with van der Waals surface area (Å²) in [5.74, 6) is -0.737. The maximum Gasteiger partial charge on any atom is 0.163 e. The van der Waals surface area contributed by atoms with Gasteiger partial charge in [0.2, 0.25) is 0 Å². The summed E-state index contributed by atoms with van der Waals surface area (Å²) < 4.78 is 6.55. The molecule has 3 rings (SSSR count). The SMILES string of the molecule is N#C/C(=C\c1ccc(-c2nc3ccccc3s2)o1)C(=O)[O-]. The maximum atomic E-state index is 10.7. The van der Waals surface area contributed by atoms with Crippen molar-refractivity contribution < 1.29 is 14.3 Å². The highest BCUT2D eigenvalue weighted by atomic mass is 32.1. The Morgan fingerprint density at radius 3 is 2.86 bits per heavy atom. The van der Waals surface area contributed by atoms with Crippen molar-refractivity contribution in [1.82, 2.24) is 4.98 Å². The van der Waals surface area contributed by atoms with Crippen molar-refractivity contribution >= 4 is 33.6 Å². The molecule has 0 saturated carbocycles. The van der Waals surface area contributed by atoms with E-state index in [0.717, 1.165) is 16.3 Å². The number of hydrogen-bond donors (Lipinski definition) is 0. The number of hydrogen-bond acceptors (Lipinski definition) is 6. The van der Waals surface area contributed by atoms with Crippen LogP contribution in [0.25, 0.3) is 27.1 Å². The lowest BCUT2D eigenvalue weighted by Crippen LogP contribution is -2.23. The molecule has 0 fully saturated rings. The van der Waals surface area contributed by atoms with Gasteiger partial charge in [0.05, 0.1) is 21.8 Å².